The molecule has 0 aliphatic carbocycles. The Bertz CT molecular complexity index is 1050. The molecule has 142 valence electrons. The number of anilines is 1. The number of ether oxygens (including phenoxy) is 1. The molecule has 28 heavy (non-hydrogen) atoms. The van der Waals surface area contributed by atoms with Crippen LogP contribution in [0.4, 0.5) is 16.2 Å². The molecule has 2 aromatic carbocycles. The van der Waals surface area contributed by atoms with Gasteiger partial charge in [0.2, 0.25) is 0 Å². The molecule has 1 saturated heterocycles. The predicted molar refractivity (Wildman–Crippen MR) is 100 cm³/mol. The Labute approximate surface area is 163 Å². The van der Waals surface area contributed by atoms with Crippen LogP contribution in [0.2, 0.25) is 5.02 Å². The second-order valence-corrected chi connectivity index (χ2v) is 6.04. The SMILES string of the molecule is COc1ccc(/C=C2\C(=O)NC(=O)N(c3cccc([N+](=O)[O-])c3)C2=O)cc1Cl. The summed E-state index contributed by atoms with van der Waals surface area (Å²) in [7, 11) is 1.44. The maximum atomic E-state index is 12.8. The third-order valence-electron chi connectivity index (χ3n) is 3.89. The number of nitro benzene ring substituents is 1. The standard InChI is InChI=1S/C18H12ClN3O6/c1-28-15-6-5-10(8-14(15)19)7-13-16(23)20-18(25)21(17(13)24)11-3-2-4-12(9-11)22(26)27/h2-9H,1H3,(H,20,23,25)/b13-7+. The largest absolute Gasteiger partial charge is 0.495 e. The fraction of sp³-hybridized carbons (Fsp3) is 0.0556. The number of hydrogen-bond donors (Lipinski definition) is 1. The Balaban J connectivity index is 2.02. The molecule has 0 aromatic heterocycles. The molecule has 0 bridgehead atoms. The highest BCUT2D eigenvalue weighted by atomic mass is 35.5. The van der Waals surface area contributed by atoms with E-state index in [4.69, 9.17) is 16.3 Å². The number of amides is 4. The number of rotatable bonds is 4. The number of urea groups is 1. The molecule has 0 unspecified atom stereocenters. The van der Waals surface area contributed by atoms with Gasteiger partial charge in [-0.3, -0.25) is 25.0 Å². The fourth-order valence-electron chi connectivity index (χ4n) is 2.58. The van der Waals surface area contributed by atoms with Crippen molar-refractivity contribution in [2.45, 2.75) is 0 Å². The third-order valence-corrected chi connectivity index (χ3v) is 4.18. The minimum absolute atomic E-state index is 0.0390. The van der Waals surface area contributed by atoms with Gasteiger partial charge in [-0.1, -0.05) is 23.7 Å². The summed E-state index contributed by atoms with van der Waals surface area (Å²) in [5, 5.41) is 13.3. The van der Waals surface area contributed by atoms with E-state index in [1.54, 1.807) is 12.1 Å². The van der Waals surface area contributed by atoms with E-state index in [0.29, 0.717) is 16.2 Å². The van der Waals surface area contributed by atoms with Crippen molar-refractivity contribution in [3.05, 3.63) is 68.7 Å². The van der Waals surface area contributed by atoms with Crippen LogP contribution < -0.4 is 15.0 Å². The lowest BCUT2D eigenvalue weighted by molar-refractivity contribution is -0.384. The number of benzene rings is 2. The molecule has 1 aliphatic heterocycles. The van der Waals surface area contributed by atoms with Crippen LogP contribution in [0, 0.1) is 10.1 Å². The first kappa shape index (κ1) is 19.1. The van der Waals surface area contributed by atoms with Gasteiger partial charge in [0.25, 0.3) is 17.5 Å². The smallest absolute Gasteiger partial charge is 0.335 e. The molecule has 1 fully saturated rings. The molecule has 4 amide bonds. The molecule has 1 heterocycles. The van der Waals surface area contributed by atoms with E-state index in [0.717, 1.165) is 6.07 Å². The number of non-ortho nitro benzene ring substituents is 1. The lowest BCUT2D eigenvalue weighted by Gasteiger charge is -2.26. The molecule has 0 saturated carbocycles. The Morgan fingerprint density at radius 2 is 1.93 bits per heavy atom. The Morgan fingerprint density at radius 1 is 1.18 bits per heavy atom. The van der Waals surface area contributed by atoms with Gasteiger partial charge < -0.3 is 4.74 Å². The molecular formula is C18H12ClN3O6. The van der Waals surface area contributed by atoms with Gasteiger partial charge in [-0.25, -0.2) is 9.69 Å². The van der Waals surface area contributed by atoms with Crippen molar-refractivity contribution in [3.8, 4) is 5.75 Å². The van der Waals surface area contributed by atoms with Gasteiger partial charge in [-0.2, -0.15) is 0 Å². The first-order chi connectivity index (χ1) is 13.3. The summed E-state index contributed by atoms with van der Waals surface area (Å²) in [5.74, 6) is -1.39. The number of nitrogens with zero attached hydrogens (tertiary/aromatic N) is 2. The zero-order valence-electron chi connectivity index (χ0n) is 14.3. The maximum Gasteiger partial charge on any atom is 0.335 e. The normalized spacial score (nSPS) is 15.6. The van der Waals surface area contributed by atoms with Crippen molar-refractivity contribution in [3.63, 3.8) is 0 Å². The van der Waals surface area contributed by atoms with Gasteiger partial charge in [0, 0.05) is 12.1 Å². The summed E-state index contributed by atoms with van der Waals surface area (Å²) in [6.45, 7) is 0. The highest BCUT2D eigenvalue weighted by molar-refractivity contribution is 6.39. The number of nitro groups is 1. The van der Waals surface area contributed by atoms with Crippen molar-refractivity contribution in [1.29, 1.82) is 0 Å². The maximum absolute atomic E-state index is 12.8. The number of methoxy groups -OCH3 is 1. The van der Waals surface area contributed by atoms with Gasteiger partial charge in [-0.05, 0) is 29.8 Å². The minimum atomic E-state index is -1.000. The van der Waals surface area contributed by atoms with Gasteiger partial charge >= 0.3 is 6.03 Å². The van der Waals surface area contributed by atoms with E-state index < -0.39 is 22.8 Å². The average molecular weight is 402 g/mol. The molecule has 1 N–H and O–H groups in total. The molecular weight excluding hydrogens is 390 g/mol. The quantitative estimate of drug-likeness (QED) is 0.364. The van der Waals surface area contributed by atoms with Crippen molar-refractivity contribution < 1.29 is 24.0 Å². The second-order valence-electron chi connectivity index (χ2n) is 5.63. The van der Waals surface area contributed by atoms with Crippen LogP contribution in [0.1, 0.15) is 5.56 Å². The second kappa shape index (κ2) is 7.49. The van der Waals surface area contributed by atoms with Crippen LogP contribution in [-0.2, 0) is 9.59 Å². The first-order valence-corrected chi connectivity index (χ1v) is 8.19. The summed E-state index contributed by atoms with van der Waals surface area (Å²) in [4.78, 5) is 48.1. The molecule has 10 heteroatoms. The topological polar surface area (TPSA) is 119 Å². The van der Waals surface area contributed by atoms with Crippen LogP contribution in [0.25, 0.3) is 6.08 Å². The molecule has 1 aliphatic rings. The zero-order chi connectivity index (χ0) is 20.4. The molecule has 9 nitrogen and oxygen atoms in total. The van der Waals surface area contributed by atoms with Crippen LogP contribution >= 0.6 is 11.6 Å². The monoisotopic (exact) mass is 401 g/mol. The van der Waals surface area contributed by atoms with Crippen LogP contribution in [0.15, 0.2) is 48.0 Å². The molecule has 0 spiro atoms. The zero-order valence-corrected chi connectivity index (χ0v) is 15.1. The number of hydrogen-bond acceptors (Lipinski definition) is 6. The van der Waals surface area contributed by atoms with Crippen LogP contribution in [0.5, 0.6) is 5.75 Å². The number of carbonyl (C=O) groups excluding carboxylic acids is 3. The van der Waals surface area contributed by atoms with E-state index in [1.165, 1.54) is 37.5 Å². The summed E-state index contributed by atoms with van der Waals surface area (Å²) >= 11 is 6.05. The van der Waals surface area contributed by atoms with Crippen molar-refractivity contribution >= 4 is 46.9 Å². The summed E-state index contributed by atoms with van der Waals surface area (Å²) in [6.07, 6.45) is 1.26. The minimum Gasteiger partial charge on any atom is -0.495 e. The van der Waals surface area contributed by atoms with E-state index in [2.05, 4.69) is 0 Å². The summed E-state index contributed by atoms with van der Waals surface area (Å²) < 4.78 is 5.04. The number of barbiturate groups is 1. The van der Waals surface area contributed by atoms with E-state index in [1.807, 2.05) is 5.32 Å². The lowest BCUT2D eigenvalue weighted by Crippen LogP contribution is -2.54. The van der Waals surface area contributed by atoms with Crippen LogP contribution in [-0.4, -0.2) is 29.9 Å². The van der Waals surface area contributed by atoms with Crippen LogP contribution in [0.3, 0.4) is 0 Å². The fourth-order valence-corrected chi connectivity index (χ4v) is 2.84. The molecule has 0 radical (unpaired) electrons. The Morgan fingerprint density at radius 3 is 2.57 bits per heavy atom. The third kappa shape index (κ3) is 3.55. The Hall–Kier alpha value is -3.72. The average Bonchev–Trinajstić information content (AvgIpc) is 2.65. The number of imide groups is 2. The van der Waals surface area contributed by atoms with Gasteiger partial charge in [0.05, 0.1) is 22.7 Å². The first-order valence-electron chi connectivity index (χ1n) is 7.81. The van der Waals surface area contributed by atoms with Gasteiger partial charge in [0.15, 0.2) is 0 Å². The number of nitrogens with one attached hydrogen (secondary N) is 1. The van der Waals surface area contributed by atoms with E-state index in [-0.39, 0.29) is 22.0 Å². The van der Waals surface area contributed by atoms with E-state index >= 15 is 0 Å². The van der Waals surface area contributed by atoms with Crippen molar-refractivity contribution in [2.24, 2.45) is 0 Å². The number of halogens is 1. The lowest BCUT2D eigenvalue weighted by atomic mass is 10.1. The predicted octanol–water partition coefficient (Wildman–Crippen LogP) is 2.92. The number of carbonyl (C=O) groups is 3. The molecule has 3 rings (SSSR count). The van der Waals surface area contributed by atoms with Gasteiger partial charge in [-0.15, -0.1) is 0 Å². The highest BCUT2D eigenvalue weighted by Crippen LogP contribution is 2.28. The van der Waals surface area contributed by atoms with Crippen molar-refractivity contribution in [2.75, 3.05) is 12.0 Å². The van der Waals surface area contributed by atoms with Crippen molar-refractivity contribution in [1.82, 2.24) is 5.32 Å². The summed E-state index contributed by atoms with van der Waals surface area (Å²) in [6, 6.07) is 8.59. The summed E-state index contributed by atoms with van der Waals surface area (Å²) in [5.41, 5.74) is -0.240. The van der Waals surface area contributed by atoms with E-state index in [9.17, 15) is 24.5 Å². The highest BCUT2D eigenvalue weighted by Gasteiger charge is 2.37. The Kier molecular flexibility index (Phi) is 5.10. The molecule has 0 atom stereocenters. The van der Waals surface area contributed by atoms with Gasteiger partial charge in [0.1, 0.15) is 11.3 Å². The molecule has 2 aromatic rings.